The van der Waals surface area contributed by atoms with Crippen molar-refractivity contribution in [3.8, 4) is 0 Å². The topological polar surface area (TPSA) is 40.6 Å². The molecule has 0 atom stereocenters. The smallest absolute Gasteiger partial charge is 0.224 e. The summed E-state index contributed by atoms with van der Waals surface area (Å²) in [5.74, 6) is 0.0987. The van der Waals surface area contributed by atoms with E-state index in [-0.39, 0.29) is 23.9 Å². The van der Waals surface area contributed by atoms with Crippen molar-refractivity contribution in [2.75, 3.05) is 6.54 Å². The maximum atomic E-state index is 12.4. The van der Waals surface area contributed by atoms with E-state index in [0.29, 0.717) is 19.5 Å². The number of hydrogen-bond donors (Lipinski definition) is 0. The standard InChI is InChI=1S/C18H28N2O2/c1-14(2)20(15(3)4)18(22)11-12-19(16(5)21)13-17-9-7-6-8-10-17/h6-10,14-15H,11-13H2,1-5H3. The molecule has 0 spiro atoms. The SMILES string of the molecule is CC(=O)N(CCC(=O)N(C(C)C)C(C)C)Cc1ccccc1. The van der Waals surface area contributed by atoms with Crippen LogP contribution >= 0.6 is 0 Å². The Morgan fingerprint density at radius 3 is 2.00 bits per heavy atom. The molecule has 0 aliphatic heterocycles. The number of carbonyl (C=O) groups excluding carboxylic acids is 2. The Morgan fingerprint density at radius 2 is 1.55 bits per heavy atom. The summed E-state index contributed by atoms with van der Waals surface area (Å²) in [5.41, 5.74) is 1.08. The van der Waals surface area contributed by atoms with Crippen molar-refractivity contribution in [3.63, 3.8) is 0 Å². The molecule has 0 aromatic heterocycles. The van der Waals surface area contributed by atoms with Crippen LogP contribution in [0.4, 0.5) is 0 Å². The highest BCUT2D eigenvalue weighted by molar-refractivity contribution is 5.78. The van der Waals surface area contributed by atoms with E-state index < -0.39 is 0 Å². The van der Waals surface area contributed by atoms with Crippen LogP contribution in [0.3, 0.4) is 0 Å². The van der Waals surface area contributed by atoms with E-state index >= 15 is 0 Å². The summed E-state index contributed by atoms with van der Waals surface area (Å²) < 4.78 is 0. The highest BCUT2D eigenvalue weighted by Gasteiger charge is 2.21. The lowest BCUT2D eigenvalue weighted by molar-refractivity contribution is -0.136. The van der Waals surface area contributed by atoms with Crippen LogP contribution in [0.2, 0.25) is 0 Å². The molecule has 2 amide bonds. The summed E-state index contributed by atoms with van der Waals surface area (Å²) in [7, 11) is 0. The molecule has 0 aliphatic rings. The van der Waals surface area contributed by atoms with Crippen molar-refractivity contribution in [1.29, 1.82) is 0 Å². The zero-order valence-corrected chi connectivity index (χ0v) is 14.4. The van der Waals surface area contributed by atoms with Gasteiger partial charge in [-0.05, 0) is 33.3 Å². The van der Waals surface area contributed by atoms with Crippen molar-refractivity contribution in [3.05, 3.63) is 35.9 Å². The van der Waals surface area contributed by atoms with E-state index in [2.05, 4.69) is 0 Å². The minimum absolute atomic E-state index is 0.00250. The summed E-state index contributed by atoms with van der Waals surface area (Å²) in [6, 6.07) is 10.2. The predicted molar refractivity (Wildman–Crippen MR) is 89.3 cm³/mol. The average Bonchev–Trinajstić information content (AvgIpc) is 2.43. The minimum Gasteiger partial charge on any atom is -0.338 e. The maximum Gasteiger partial charge on any atom is 0.224 e. The van der Waals surface area contributed by atoms with Crippen molar-refractivity contribution < 1.29 is 9.59 Å². The lowest BCUT2D eigenvalue weighted by Crippen LogP contribution is -2.43. The van der Waals surface area contributed by atoms with Gasteiger partial charge in [-0.25, -0.2) is 0 Å². The van der Waals surface area contributed by atoms with E-state index in [1.165, 1.54) is 0 Å². The Balaban J connectivity index is 2.65. The van der Waals surface area contributed by atoms with Gasteiger partial charge >= 0.3 is 0 Å². The molecule has 0 heterocycles. The van der Waals surface area contributed by atoms with E-state index in [1.54, 1.807) is 11.8 Å². The largest absolute Gasteiger partial charge is 0.338 e. The molecule has 1 rings (SSSR count). The van der Waals surface area contributed by atoms with Crippen molar-refractivity contribution in [2.45, 2.75) is 59.7 Å². The van der Waals surface area contributed by atoms with E-state index in [1.807, 2.05) is 62.9 Å². The van der Waals surface area contributed by atoms with Crippen LogP contribution in [0, 0.1) is 0 Å². The van der Waals surface area contributed by atoms with Crippen LogP contribution in [0.15, 0.2) is 30.3 Å². The molecule has 0 saturated carbocycles. The summed E-state index contributed by atoms with van der Waals surface area (Å²) >= 11 is 0. The van der Waals surface area contributed by atoms with E-state index in [9.17, 15) is 9.59 Å². The molecule has 0 bridgehead atoms. The second-order valence-corrected chi connectivity index (χ2v) is 6.16. The summed E-state index contributed by atoms with van der Waals surface area (Å²) in [6.07, 6.45) is 0.364. The molecular formula is C18H28N2O2. The Hall–Kier alpha value is -1.84. The second-order valence-electron chi connectivity index (χ2n) is 6.16. The first-order chi connectivity index (χ1) is 10.3. The Bertz CT molecular complexity index is 475. The Kier molecular flexibility index (Phi) is 7.09. The number of nitrogens with zero attached hydrogens (tertiary/aromatic N) is 2. The first-order valence-corrected chi connectivity index (χ1v) is 7.93. The third-order valence-electron chi connectivity index (χ3n) is 3.66. The van der Waals surface area contributed by atoms with Crippen molar-refractivity contribution in [1.82, 2.24) is 9.80 Å². The number of benzene rings is 1. The van der Waals surface area contributed by atoms with E-state index in [0.717, 1.165) is 5.56 Å². The number of amides is 2. The predicted octanol–water partition coefficient (Wildman–Crippen LogP) is 3.07. The van der Waals surface area contributed by atoms with Gasteiger partial charge in [0.1, 0.15) is 0 Å². The van der Waals surface area contributed by atoms with Gasteiger partial charge in [0.15, 0.2) is 0 Å². The molecule has 22 heavy (non-hydrogen) atoms. The monoisotopic (exact) mass is 304 g/mol. The molecule has 4 nitrogen and oxygen atoms in total. The molecular weight excluding hydrogens is 276 g/mol. The molecule has 0 aliphatic carbocycles. The first kappa shape index (κ1) is 18.2. The van der Waals surface area contributed by atoms with Gasteiger partial charge in [-0.2, -0.15) is 0 Å². The van der Waals surface area contributed by atoms with Gasteiger partial charge in [0, 0.05) is 38.5 Å². The highest BCUT2D eigenvalue weighted by atomic mass is 16.2. The van der Waals surface area contributed by atoms with Gasteiger partial charge in [0.2, 0.25) is 11.8 Å². The molecule has 1 aromatic carbocycles. The molecule has 0 fully saturated rings. The third kappa shape index (κ3) is 5.51. The molecule has 4 heteroatoms. The molecule has 0 N–H and O–H groups in total. The quantitative estimate of drug-likeness (QED) is 0.777. The number of hydrogen-bond acceptors (Lipinski definition) is 2. The lowest BCUT2D eigenvalue weighted by Gasteiger charge is -2.32. The van der Waals surface area contributed by atoms with Gasteiger partial charge in [0.05, 0.1) is 0 Å². The third-order valence-corrected chi connectivity index (χ3v) is 3.66. The fraction of sp³-hybridized carbons (Fsp3) is 0.556. The van der Waals surface area contributed by atoms with Gasteiger partial charge in [0.25, 0.3) is 0 Å². The van der Waals surface area contributed by atoms with Gasteiger partial charge in [-0.3, -0.25) is 9.59 Å². The van der Waals surface area contributed by atoms with Gasteiger partial charge < -0.3 is 9.80 Å². The molecule has 1 aromatic rings. The normalized spacial score (nSPS) is 10.9. The molecule has 0 saturated heterocycles. The lowest BCUT2D eigenvalue weighted by atomic mass is 10.2. The van der Waals surface area contributed by atoms with Gasteiger partial charge in [-0.1, -0.05) is 30.3 Å². The summed E-state index contributed by atoms with van der Waals surface area (Å²) in [6.45, 7) is 10.6. The highest BCUT2D eigenvalue weighted by Crippen LogP contribution is 2.10. The zero-order valence-electron chi connectivity index (χ0n) is 14.4. The van der Waals surface area contributed by atoms with Gasteiger partial charge in [-0.15, -0.1) is 0 Å². The fourth-order valence-electron chi connectivity index (χ4n) is 2.68. The average molecular weight is 304 g/mol. The number of carbonyl (C=O) groups is 2. The van der Waals surface area contributed by atoms with Crippen molar-refractivity contribution in [2.24, 2.45) is 0 Å². The molecule has 0 unspecified atom stereocenters. The van der Waals surface area contributed by atoms with Crippen molar-refractivity contribution >= 4 is 11.8 Å². The Labute approximate surface area is 134 Å². The van der Waals surface area contributed by atoms with Crippen LogP contribution in [0.5, 0.6) is 0 Å². The minimum atomic E-state index is -0.00250. The molecule has 122 valence electrons. The summed E-state index contributed by atoms with van der Waals surface area (Å²) in [4.78, 5) is 27.8. The van der Waals surface area contributed by atoms with Crippen LogP contribution in [0.25, 0.3) is 0 Å². The summed E-state index contributed by atoms with van der Waals surface area (Å²) in [5, 5.41) is 0. The zero-order chi connectivity index (χ0) is 16.7. The van der Waals surface area contributed by atoms with Crippen LogP contribution in [-0.2, 0) is 16.1 Å². The first-order valence-electron chi connectivity index (χ1n) is 7.93. The second kappa shape index (κ2) is 8.57. The fourth-order valence-corrected chi connectivity index (χ4v) is 2.68. The van der Waals surface area contributed by atoms with E-state index in [4.69, 9.17) is 0 Å². The number of rotatable bonds is 7. The Morgan fingerprint density at radius 1 is 1.00 bits per heavy atom. The van der Waals surface area contributed by atoms with Crippen LogP contribution in [-0.4, -0.2) is 40.2 Å². The molecule has 0 radical (unpaired) electrons. The maximum absolute atomic E-state index is 12.4. The van der Waals surface area contributed by atoms with Crippen LogP contribution < -0.4 is 0 Å². The van der Waals surface area contributed by atoms with Crippen LogP contribution in [0.1, 0.15) is 46.6 Å².